The largest absolute Gasteiger partial charge is 0.417 e. The van der Waals surface area contributed by atoms with Crippen LogP contribution < -0.4 is 5.32 Å². The second kappa shape index (κ2) is 12.6. The Hall–Kier alpha value is -1.21. The van der Waals surface area contributed by atoms with Crippen molar-refractivity contribution in [3.63, 3.8) is 0 Å². The van der Waals surface area contributed by atoms with Crippen LogP contribution in [0.3, 0.4) is 0 Å². The highest BCUT2D eigenvalue weighted by Gasteiger charge is 2.36. The molecule has 0 saturated carbocycles. The molecule has 1 aliphatic heterocycles. The first-order valence-corrected chi connectivity index (χ1v) is 14.5. The summed E-state index contributed by atoms with van der Waals surface area (Å²) in [6.45, 7) is 17.9. The summed E-state index contributed by atoms with van der Waals surface area (Å²) in [5.74, 6) is 0. The van der Waals surface area contributed by atoms with Crippen LogP contribution in [0.5, 0.6) is 0 Å². The van der Waals surface area contributed by atoms with E-state index in [1.54, 1.807) is 0 Å². The Bertz CT molecular complexity index is 609. The summed E-state index contributed by atoms with van der Waals surface area (Å²) in [5.41, 5.74) is 1.07. The van der Waals surface area contributed by atoms with Gasteiger partial charge in [-0.05, 0) is 62.5 Å². The summed E-state index contributed by atoms with van der Waals surface area (Å²) in [6.07, 6.45) is 6.16. The molecule has 30 heavy (non-hydrogen) atoms. The summed E-state index contributed by atoms with van der Waals surface area (Å²) in [4.78, 5) is 8.50. The number of benzene rings is 1. The summed E-state index contributed by atoms with van der Waals surface area (Å²) in [6, 6.07) is 10.1. The van der Waals surface area contributed by atoms with Crippen molar-refractivity contribution >= 4 is 14.5 Å². The molecule has 1 atom stereocenters. The smallest absolute Gasteiger partial charge is 0.191 e. The molecule has 0 radical (unpaired) electrons. The lowest BCUT2D eigenvalue weighted by molar-refractivity contribution is 0.0362. The highest BCUT2D eigenvalue weighted by atomic mass is 28.4. The molecule has 1 aromatic carbocycles. The second-order valence-corrected chi connectivity index (χ2v) is 14.7. The van der Waals surface area contributed by atoms with E-state index in [0.29, 0.717) is 0 Å². The van der Waals surface area contributed by atoms with Crippen LogP contribution in [0, 0.1) is 0 Å². The molecule has 0 aliphatic carbocycles. The zero-order chi connectivity index (χ0) is 21.9. The second-order valence-electron chi connectivity index (χ2n) is 9.86. The van der Waals surface area contributed by atoms with Gasteiger partial charge in [-0.1, -0.05) is 56.3 Å². The van der Waals surface area contributed by atoms with Crippen LogP contribution in [-0.4, -0.2) is 64.9 Å². The topological polar surface area (TPSA) is 46.1 Å². The van der Waals surface area contributed by atoms with Crippen LogP contribution in [0.25, 0.3) is 0 Å². The average molecular weight is 434 g/mol. The molecule has 1 aliphatic rings. The van der Waals surface area contributed by atoms with E-state index in [9.17, 15) is 0 Å². The predicted octanol–water partition coefficient (Wildman–Crippen LogP) is 4.89. The first kappa shape index (κ1) is 25.1. The van der Waals surface area contributed by atoms with Crippen molar-refractivity contribution in [2.45, 2.75) is 70.7 Å². The lowest BCUT2D eigenvalue weighted by Gasteiger charge is -2.36. The van der Waals surface area contributed by atoms with E-state index in [0.717, 1.165) is 57.6 Å². The van der Waals surface area contributed by atoms with Gasteiger partial charge in [0.2, 0.25) is 0 Å². The Morgan fingerprint density at radius 2 is 1.90 bits per heavy atom. The van der Waals surface area contributed by atoms with Crippen LogP contribution in [0.2, 0.25) is 18.1 Å². The van der Waals surface area contributed by atoms with Crippen molar-refractivity contribution < 1.29 is 9.26 Å². The van der Waals surface area contributed by atoms with Gasteiger partial charge in [0.15, 0.2) is 8.32 Å². The van der Waals surface area contributed by atoms with Gasteiger partial charge in [-0.3, -0.25) is 0 Å². The third-order valence-electron chi connectivity index (χ3n) is 6.35. The van der Waals surface area contributed by atoms with Gasteiger partial charge in [-0.2, -0.15) is 0 Å². The van der Waals surface area contributed by atoms with Crippen molar-refractivity contribution in [3.8, 4) is 0 Å². The molecule has 0 aromatic heterocycles. The van der Waals surface area contributed by atoms with E-state index >= 15 is 0 Å². The number of hydrogen-bond donors (Lipinski definition) is 1. The SMILES string of the molecule is CC(C)(C)[Si](C)(C)OCCCC(CCN1CCCNCC1)O/N=C/c1ccccc1. The van der Waals surface area contributed by atoms with Gasteiger partial charge in [0, 0.05) is 26.2 Å². The molecule has 0 amide bonds. The molecule has 1 heterocycles. The van der Waals surface area contributed by atoms with Crippen molar-refractivity contribution in [3.05, 3.63) is 35.9 Å². The van der Waals surface area contributed by atoms with Crippen LogP contribution in [0.15, 0.2) is 35.5 Å². The molecule has 1 saturated heterocycles. The van der Waals surface area contributed by atoms with Crippen LogP contribution >= 0.6 is 0 Å². The summed E-state index contributed by atoms with van der Waals surface area (Å²) < 4.78 is 6.36. The summed E-state index contributed by atoms with van der Waals surface area (Å²) in [5, 5.41) is 8.03. The standard InChI is InChI=1S/C24H43N3O2Si/c1-24(2,3)30(4,5)28-20-9-13-23(14-18-27-17-10-15-25-16-19-27)29-26-21-22-11-7-6-8-12-22/h6-8,11-12,21,23,25H,9-10,13-20H2,1-5H3/b26-21+. The van der Waals surface area contributed by atoms with Gasteiger partial charge in [0.25, 0.3) is 0 Å². The number of hydrogen-bond acceptors (Lipinski definition) is 5. The van der Waals surface area contributed by atoms with Crippen molar-refractivity contribution in [1.82, 2.24) is 10.2 Å². The van der Waals surface area contributed by atoms with Gasteiger partial charge < -0.3 is 19.5 Å². The van der Waals surface area contributed by atoms with E-state index in [1.165, 1.54) is 13.0 Å². The van der Waals surface area contributed by atoms with E-state index in [2.05, 4.69) is 49.2 Å². The van der Waals surface area contributed by atoms with Gasteiger partial charge in [-0.25, -0.2) is 0 Å². The van der Waals surface area contributed by atoms with Crippen molar-refractivity contribution in [2.75, 3.05) is 39.3 Å². The van der Waals surface area contributed by atoms with Gasteiger partial charge in [0.1, 0.15) is 6.10 Å². The molecule has 6 heteroatoms. The van der Waals surface area contributed by atoms with Crippen molar-refractivity contribution in [1.29, 1.82) is 0 Å². The number of oxime groups is 1. The molecule has 2 rings (SSSR count). The normalized spacial score (nSPS) is 17.8. The van der Waals surface area contributed by atoms with E-state index < -0.39 is 8.32 Å². The van der Waals surface area contributed by atoms with E-state index in [1.807, 2.05) is 36.5 Å². The maximum absolute atomic E-state index is 6.36. The molecule has 170 valence electrons. The highest BCUT2D eigenvalue weighted by Crippen LogP contribution is 2.36. The molecule has 1 unspecified atom stereocenters. The summed E-state index contributed by atoms with van der Waals surface area (Å²) >= 11 is 0. The number of nitrogens with one attached hydrogen (secondary N) is 1. The fraction of sp³-hybridized carbons (Fsp3) is 0.708. The quantitative estimate of drug-likeness (QED) is 0.233. The molecule has 1 aromatic rings. The number of nitrogens with zero attached hydrogens (tertiary/aromatic N) is 2. The maximum atomic E-state index is 6.36. The Labute approximate surface area is 185 Å². The minimum Gasteiger partial charge on any atom is -0.417 e. The first-order chi connectivity index (χ1) is 14.3. The fourth-order valence-corrected chi connectivity index (χ4v) is 4.36. The zero-order valence-corrected chi connectivity index (χ0v) is 20.8. The third kappa shape index (κ3) is 9.29. The Kier molecular flexibility index (Phi) is 10.5. The Balaban J connectivity index is 1.83. The molecule has 0 bridgehead atoms. The Morgan fingerprint density at radius 1 is 1.13 bits per heavy atom. The molecule has 5 nitrogen and oxygen atoms in total. The minimum atomic E-state index is -1.68. The lowest BCUT2D eigenvalue weighted by atomic mass is 10.1. The maximum Gasteiger partial charge on any atom is 0.191 e. The third-order valence-corrected chi connectivity index (χ3v) is 10.9. The minimum absolute atomic E-state index is 0.129. The van der Waals surface area contributed by atoms with Gasteiger partial charge in [0.05, 0.1) is 6.21 Å². The van der Waals surface area contributed by atoms with Crippen LogP contribution in [0.4, 0.5) is 0 Å². The van der Waals surface area contributed by atoms with Gasteiger partial charge >= 0.3 is 0 Å². The molecule has 1 N–H and O–H groups in total. The van der Waals surface area contributed by atoms with Crippen LogP contribution in [-0.2, 0) is 9.26 Å². The summed E-state index contributed by atoms with van der Waals surface area (Å²) in [7, 11) is -1.68. The number of rotatable bonds is 11. The van der Waals surface area contributed by atoms with Crippen LogP contribution in [0.1, 0.15) is 52.0 Å². The average Bonchev–Trinajstić information content (AvgIpc) is 2.97. The zero-order valence-electron chi connectivity index (χ0n) is 19.8. The molecular weight excluding hydrogens is 390 g/mol. The molecule has 0 spiro atoms. The van der Waals surface area contributed by atoms with Crippen molar-refractivity contribution in [2.24, 2.45) is 5.16 Å². The lowest BCUT2D eigenvalue weighted by Crippen LogP contribution is -2.41. The molecule has 1 fully saturated rings. The Morgan fingerprint density at radius 3 is 2.63 bits per heavy atom. The fourth-order valence-electron chi connectivity index (χ4n) is 3.27. The first-order valence-electron chi connectivity index (χ1n) is 11.6. The van der Waals surface area contributed by atoms with E-state index in [4.69, 9.17) is 9.26 Å². The predicted molar refractivity (Wildman–Crippen MR) is 130 cm³/mol. The van der Waals surface area contributed by atoms with E-state index in [-0.39, 0.29) is 11.1 Å². The highest BCUT2D eigenvalue weighted by molar-refractivity contribution is 6.74. The van der Waals surface area contributed by atoms with Gasteiger partial charge in [-0.15, -0.1) is 0 Å². The molecular formula is C24H43N3O2Si. The monoisotopic (exact) mass is 433 g/mol.